The summed E-state index contributed by atoms with van der Waals surface area (Å²) in [7, 11) is 0. The molecule has 0 heterocycles. The third kappa shape index (κ3) is 5.67. The van der Waals surface area contributed by atoms with Crippen LogP contribution < -0.4 is 30.7 Å². The number of ether oxygens (including phenoxy) is 2. The Labute approximate surface area is 185 Å². The van der Waals surface area contributed by atoms with Crippen LogP contribution in [-0.2, 0) is 6.61 Å². The maximum absolute atomic E-state index is 9.34. The Morgan fingerprint density at radius 3 is 1.50 bits per heavy atom. The fraction of sp³-hybridized carbons (Fsp3) is 0.0400. The third-order valence-electron chi connectivity index (χ3n) is 4.26. The van der Waals surface area contributed by atoms with Crippen molar-refractivity contribution in [2.45, 2.75) is 6.61 Å². The Morgan fingerprint density at radius 1 is 0.533 bits per heavy atom. The van der Waals surface area contributed by atoms with Crippen molar-refractivity contribution in [3.63, 3.8) is 0 Å². The maximum Gasteiger partial charge on any atom is 0.357 e. The van der Waals surface area contributed by atoms with Crippen LogP contribution in [-0.4, -0.2) is 10.2 Å². The second-order valence-electron chi connectivity index (χ2n) is 6.55. The lowest BCUT2D eigenvalue weighted by Crippen LogP contribution is -3.61. The zero-order valence-corrected chi connectivity index (χ0v) is 18.2. The molecule has 4 nitrogen and oxygen atoms in total. The van der Waals surface area contributed by atoms with E-state index in [1.54, 1.807) is 36.4 Å². The van der Waals surface area contributed by atoms with Crippen LogP contribution in [0, 0.1) is 7.14 Å². The molecule has 2 N–H and O–H groups in total. The molecule has 5 heteroatoms. The Balaban J connectivity index is 1.31. The fourth-order valence-corrected chi connectivity index (χ4v) is 4.85. The van der Waals surface area contributed by atoms with Crippen LogP contribution in [0.1, 0.15) is 5.56 Å². The van der Waals surface area contributed by atoms with Gasteiger partial charge in [0.2, 0.25) is 0 Å². The van der Waals surface area contributed by atoms with Crippen LogP contribution in [0.4, 0.5) is 0 Å². The van der Waals surface area contributed by atoms with Crippen LogP contribution in [0.5, 0.6) is 28.7 Å². The molecule has 0 aromatic heterocycles. The van der Waals surface area contributed by atoms with Crippen molar-refractivity contribution < 1.29 is 40.9 Å². The van der Waals surface area contributed by atoms with Crippen LogP contribution >= 0.6 is 0 Å². The highest BCUT2D eigenvalue weighted by Gasteiger charge is 2.15. The normalized spacial score (nSPS) is 10.5. The molecule has 0 amide bonds. The highest BCUT2D eigenvalue weighted by molar-refractivity contribution is 5.34. The number of phenols is 2. The number of rotatable bonds is 7. The van der Waals surface area contributed by atoms with Crippen LogP contribution in [0.25, 0.3) is 0 Å². The molecule has 0 fully saturated rings. The van der Waals surface area contributed by atoms with Crippen LogP contribution in [0.15, 0.2) is 97.1 Å². The lowest BCUT2D eigenvalue weighted by molar-refractivity contribution is -0.597. The van der Waals surface area contributed by atoms with Gasteiger partial charge in [0.1, 0.15) is 35.4 Å². The minimum atomic E-state index is -0.292. The molecular formula is C25H20IO4+. The predicted molar refractivity (Wildman–Crippen MR) is 111 cm³/mol. The molecule has 0 unspecified atom stereocenters. The maximum atomic E-state index is 9.34. The van der Waals surface area contributed by atoms with Gasteiger partial charge in [-0.25, -0.2) is 0 Å². The largest absolute Gasteiger partial charge is 0.508 e. The molecule has 0 bridgehead atoms. The highest BCUT2D eigenvalue weighted by Crippen LogP contribution is 2.22. The number of halogens is 1. The first-order chi connectivity index (χ1) is 14.6. The molecule has 0 saturated heterocycles. The number of hydrogen-bond acceptors (Lipinski definition) is 4. The average molecular weight is 511 g/mol. The summed E-state index contributed by atoms with van der Waals surface area (Å²) in [5.41, 5.74) is 1.01. The van der Waals surface area contributed by atoms with E-state index in [1.807, 2.05) is 36.4 Å². The monoisotopic (exact) mass is 511 g/mol. The number of phenolic OH excluding ortho intramolecular Hbond substituents is 2. The van der Waals surface area contributed by atoms with Gasteiger partial charge >= 0.3 is 21.2 Å². The van der Waals surface area contributed by atoms with E-state index in [-0.39, 0.29) is 32.7 Å². The molecule has 4 aromatic carbocycles. The van der Waals surface area contributed by atoms with E-state index < -0.39 is 0 Å². The average Bonchev–Trinajstić information content (AvgIpc) is 2.77. The number of aromatic hydroxyl groups is 2. The van der Waals surface area contributed by atoms with Gasteiger partial charge in [0.25, 0.3) is 0 Å². The molecule has 0 spiro atoms. The summed E-state index contributed by atoms with van der Waals surface area (Å²) in [5, 5.41) is 18.7. The molecule has 4 rings (SSSR count). The Morgan fingerprint density at radius 2 is 0.967 bits per heavy atom. The molecule has 0 aliphatic heterocycles. The zero-order valence-electron chi connectivity index (χ0n) is 16.0. The number of benzene rings is 4. The molecular weight excluding hydrogens is 491 g/mol. The van der Waals surface area contributed by atoms with Crippen molar-refractivity contribution in [1.29, 1.82) is 0 Å². The van der Waals surface area contributed by atoms with E-state index in [9.17, 15) is 10.2 Å². The van der Waals surface area contributed by atoms with Crippen molar-refractivity contribution in [3.05, 3.63) is 110 Å². The van der Waals surface area contributed by atoms with Gasteiger partial charge < -0.3 is 19.7 Å². The van der Waals surface area contributed by atoms with Gasteiger partial charge in [-0.1, -0.05) is 12.1 Å². The van der Waals surface area contributed by atoms with E-state index in [1.165, 1.54) is 7.14 Å². The van der Waals surface area contributed by atoms with Gasteiger partial charge in [-0.15, -0.1) is 0 Å². The first-order valence-electron chi connectivity index (χ1n) is 9.37. The second kappa shape index (κ2) is 9.54. The highest BCUT2D eigenvalue weighted by atomic mass is 127. The smallest absolute Gasteiger partial charge is 0.357 e. The Kier molecular flexibility index (Phi) is 6.39. The van der Waals surface area contributed by atoms with E-state index in [2.05, 4.69) is 24.3 Å². The summed E-state index contributed by atoms with van der Waals surface area (Å²) < 4.78 is 14.2. The first-order valence-corrected chi connectivity index (χ1v) is 11.5. The molecule has 0 aliphatic rings. The minimum absolute atomic E-state index is 0.222. The fourth-order valence-electron chi connectivity index (χ4n) is 2.69. The summed E-state index contributed by atoms with van der Waals surface area (Å²) >= 11 is -0.292. The van der Waals surface area contributed by atoms with Gasteiger partial charge in [-0.05, 0) is 90.5 Å². The van der Waals surface area contributed by atoms with Gasteiger partial charge in [-0.2, -0.15) is 0 Å². The summed E-state index contributed by atoms with van der Waals surface area (Å²) in [6, 6.07) is 30.1. The zero-order chi connectivity index (χ0) is 20.8. The van der Waals surface area contributed by atoms with Gasteiger partial charge in [0.05, 0.1) is 0 Å². The molecule has 0 aliphatic carbocycles. The molecule has 0 saturated carbocycles. The quantitative estimate of drug-likeness (QED) is 0.375. The summed E-state index contributed by atoms with van der Waals surface area (Å²) in [6.45, 7) is 0.469. The van der Waals surface area contributed by atoms with E-state index in [4.69, 9.17) is 9.47 Å². The predicted octanol–water partition coefficient (Wildman–Crippen LogP) is 2.60. The van der Waals surface area contributed by atoms with E-state index in [0.29, 0.717) is 12.4 Å². The minimum Gasteiger partial charge on any atom is -0.508 e. The van der Waals surface area contributed by atoms with Gasteiger partial charge in [0.15, 0.2) is 7.14 Å². The Hall–Kier alpha value is -3.19. The van der Waals surface area contributed by atoms with Crippen molar-refractivity contribution in [1.82, 2.24) is 0 Å². The van der Waals surface area contributed by atoms with E-state index in [0.717, 1.165) is 17.1 Å². The number of hydrogen-bond donors (Lipinski definition) is 2. The van der Waals surface area contributed by atoms with E-state index >= 15 is 0 Å². The lowest BCUT2D eigenvalue weighted by atomic mass is 10.2. The molecule has 0 radical (unpaired) electrons. The molecule has 30 heavy (non-hydrogen) atoms. The van der Waals surface area contributed by atoms with Crippen LogP contribution in [0.2, 0.25) is 0 Å². The first kappa shape index (κ1) is 20.1. The standard InChI is InChI=1S/C25H19IO4/c27-21-7-1-18(2-8-21)17-29-23-11-3-19(4-12-23)26-20-5-13-24(14-6-20)30-25-15-9-22(28)10-16-25/h1-16H,17H2,(H-,27,28)/p+1. The van der Waals surface area contributed by atoms with Crippen LogP contribution in [0.3, 0.4) is 0 Å². The molecule has 4 aromatic rings. The second-order valence-corrected chi connectivity index (χ2v) is 9.58. The third-order valence-corrected chi connectivity index (χ3v) is 6.94. The lowest BCUT2D eigenvalue weighted by Gasteiger charge is -2.06. The summed E-state index contributed by atoms with van der Waals surface area (Å²) in [6.07, 6.45) is 0. The summed E-state index contributed by atoms with van der Waals surface area (Å²) in [5.74, 6) is 2.77. The topological polar surface area (TPSA) is 58.9 Å². The van der Waals surface area contributed by atoms with Gasteiger partial charge in [0, 0.05) is 0 Å². The molecule has 0 atom stereocenters. The Bertz CT molecular complexity index is 1070. The summed E-state index contributed by atoms with van der Waals surface area (Å²) in [4.78, 5) is 0. The van der Waals surface area contributed by atoms with Crippen molar-refractivity contribution in [3.8, 4) is 28.7 Å². The van der Waals surface area contributed by atoms with Crippen molar-refractivity contribution >= 4 is 0 Å². The van der Waals surface area contributed by atoms with Gasteiger partial charge in [-0.3, -0.25) is 0 Å². The molecule has 150 valence electrons. The van der Waals surface area contributed by atoms with Crippen molar-refractivity contribution in [2.24, 2.45) is 0 Å². The SMILES string of the molecule is Oc1ccc(COc2ccc([I+]c3ccc(Oc4ccc(O)cc4)cc3)cc2)cc1. The van der Waals surface area contributed by atoms with Crippen molar-refractivity contribution in [2.75, 3.05) is 0 Å².